The van der Waals surface area contributed by atoms with Crippen molar-refractivity contribution in [3.63, 3.8) is 0 Å². The zero-order chi connectivity index (χ0) is 23.8. The lowest BCUT2D eigenvalue weighted by molar-refractivity contribution is -0.130. The van der Waals surface area contributed by atoms with Crippen LogP contribution >= 0.6 is 11.8 Å². The first-order valence-corrected chi connectivity index (χ1v) is 12.0. The highest BCUT2D eigenvalue weighted by molar-refractivity contribution is 7.99. The summed E-state index contributed by atoms with van der Waals surface area (Å²) in [7, 11) is 1.85. The molecule has 6 rings (SSSR count). The third kappa shape index (κ3) is 4.08. The molecule has 5 heterocycles. The fourth-order valence-corrected chi connectivity index (χ4v) is 4.88. The number of amides is 1. The Hall–Kier alpha value is -3.99. The van der Waals surface area contributed by atoms with Crippen LogP contribution in [0.4, 0.5) is 0 Å². The number of furan rings is 2. The molecule has 1 amide bonds. The number of hydrogen-bond donors (Lipinski definition) is 0. The summed E-state index contributed by atoms with van der Waals surface area (Å²) in [5.41, 5.74) is 0.699. The lowest BCUT2D eigenvalue weighted by Crippen LogP contribution is -2.28. The molecule has 1 aromatic carbocycles. The maximum absolute atomic E-state index is 13.2. The van der Waals surface area contributed by atoms with E-state index >= 15 is 0 Å². The normalized spacial score (nSPS) is 19.1. The van der Waals surface area contributed by atoms with Crippen molar-refractivity contribution in [1.82, 2.24) is 19.8 Å². The van der Waals surface area contributed by atoms with Crippen LogP contribution < -0.4 is 9.47 Å². The molecule has 4 aromatic rings. The van der Waals surface area contributed by atoms with E-state index in [1.54, 1.807) is 24.7 Å². The number of fused-ring (bicyclic) bond motifs is 1. The molecule has 0 aliphatic carbocycles. The van der Waals surface area contributed by atoms with E-state index in [9.17, 15) is 4.79 Å². The molecular formula is C24H21N5O5S. The van der Waals surface area contributed by atoms with Gasteiger partial charge in [0.05, 0.1) is 18.3 Å². The Kier molecular flexibility index (Phi) is 5.53. The Morgan fingerprint density at radius 1 is 1.06 bits per heavy atom. The highest BCUT2D eigenvalue weighted by Crippen LogP contribution is 2.36. The first kappa shape index (κ1) is 21.5. The predicted molar refractivity (Wildman–Crippen MR) is 125 cm³/mol. The van der Waals surface area contributed by atoms with Gasteiger partial charge in [0.25, 0.3) is 5.91 Å². The van der Waals surface area contributed by atoms with Gasteiger partial charge in [-0.15, -0.1) is 10.2 Å². The van der Waals surface area contributed by atoms with Gasteiger partial charge in [0.2, 0.25) is 0 Å². The third-order valence-corrected chi connectivity index (χ3v) is 6.84. The van der Waals surface area contributed by atoms with Gasteiger partial charge in [-0.25, -0.2) is 5.01 Å². The van der Waals surface area contributed by atoms with Crippen LogP contribution in [0.5, 0.6) is 11.5 Å². The molecule has 3 aromatic heterocycles. The van der Waals surface area contributed by atoms with Gasteiger partial charge < -0.3 is 22.9 Å². The van der Waals surface area contributed by atoms with Crippen LogP contribution in [-0.4, -0.2) is 43.8 Å². The van der Waals surface area contributed by atoms with E-state index in [-0.39, 0.29) is 17.7 Å². The van der Waals surface area contributed by atoms with Crippen LogP contribution in [0.25, 0.3) is 0 Å². The predicted octanol–water partition coefficient (Wildman–Crippen LogP) is 3.98. The average molecular weight is 492 g/mol. The number of ether oxygens (including phenoxy) is 2. The summed E-state index contributed by atoms with van der Waals surface area (Å²) >= 11 is 1.29. The van der Waals surface area contributed by atoms with Crippen molar-refractivity contribution in [2.45, 2.75) is 23.7 Å². The molecule has 2 atom stereocenters. The lowest BCUT2D eigenvalue weighted by Gasteiger charge is -2.25. The number of rotatable bonds is 6. The minimum absolute atomic E-state index is 0.128. The Morgan fingerprint density at radius 2 is 1.89 bits per heavy atom. The van der Waals surface area contributed by atoms with Crippen molar-refractivity contribution < 1.29 is 23.1 Å². The Morgan fingerprint density at radius 3 is 2.69 bits per heavy atom. The zero-order valence-corrected chi connectivity index (χ0v) is 19.6. The van der Waals surface area contributed by atoms with Gasteiger partial charge in [0.15, 0.2) is 28.6 Å². The number of para-hydroxylation sites is 2. The van der Waals surface area contributed by atoms with E-state index in [1.807, 2.05) is 48.0 Å². The molecule has 0 spiro atoms. The minimum Gasteiger partial charge on any atom is -0.485 e. The van der Waals surface area contributed by atoms with Crippen molar-refractivity contribution >= 4 is 23.4 Å². The van der Waals surface area contributed by atoms with Gasteiger partial charge in [-0.2, -0.15) is 5.10 Å². The van der Waals surface area contributed by atoms with Crippen LogP contribution in [0.15, 0.2) is 80.1 Å². The molecule has 2 unspecified atom stereocenters. The second-order valence-corrected chi connectivity index (χ2v) is 8.99. The average Bonchev–Trinajstić information content (AvgIpc) is 3.69. The summed E-state index contributed by atoms with van der Waals surface area (Å²) in [5, 5.41) is 15.2. The lowest BCUT2D eigenvalue weighted by atomic mass is 10.1. The molecule has 178 valence electrons. The van der Waals surface area contributed by atoms with Gasteiger partial charge in [-0.1, -0.05) is 23.9 Å². The Labute approximate surface area is 204 Å². The van der Waals surface area contributed by atoms with Crippen molar-refractivity contribution in [2.75, 3.05) is 12.4 Å². The van der Waals surface area contributed by atoms with Crippen LogP contribution in [0.3, 0.4) is 0 Å². The Balaban J connectivity index is 1.16. The second-order valence-electron chi connectivity index (χ2n) is 8.05. The number of thioether (sulfide) groups is 1. The van der Waals surface area contributed by atoms with Crippen molar-refractivity contribution in [2.24, 2.45) is 12.1 Å². The first-order chi connectivity index (χ1) is 17.2. The van der Waals surface area contributed by atoms with E-state index < -0.39 is 6.10 Å². The number of nitrogens with zero attached hydrogens (tertiary/aromatic N) is 5. The van der Waals surface area contributed by atoms with E-state index in [2.05, 4.69) is 15.3 Å². The fraction of sp³-hybridized carbons (Fsp3) is 0.250. The van der Waals surface area contributed by atoms with Crippen molar-refractivity contribution in [1.29, 1.82) is 0 Å². The fourth-order valence-electron chi connectivity index (χ4n) is 4.11. The number of carbonyl (C=O) groups excluding carboxylic acids is 1. The number of hydrazone groups is 1. The van der Waals surface area contributed by atoms with Crippen molar-refractivity contribution in [3.8, 4) is 11.5 Å². The Bertz CT molecular complexity index is 1360. The summed E-state index contributed by atoms with van der Waals surface area (Å²) in [6.45, 7) is 0.329. The summed E-state index contributed by atoms with van der Waals surface area (Å²) < 4.78 is 24.8. The summed E-state index contributed by atoms with van der Waals surface area (Å²) in [6.07, 6.45) is 3.29. The molecule has 11 heteroatoms. The maximum atomic E-state index is 13.2. The SMILES string of the molecule is Cn1c(SCC(=O)N2N=C(c3ccco3)CC2c2ccco2)nnc1C1COc2ccccc2O1. The molecule has 2 aliphatic rings. The number of aromatic nitrogens is 3. The highest BCUT2D eigenvalue weighted by atomic mass is 32.2. The molecule has 0 N–H and O–H groups in total. The van der Waals surface area contributed by atoms with Crippen LogP contribution in [0.2, 0.25) is 0 Å². The molecule has 0 fully saturated rings. The van der Waals surface area contributed by atoms with Gasteiger partial charge in [0.1, 0.15) is 29.9 Å². The van der Waals surface area contributed by atoms with E-state index in [4.69, 9.17) is 18.3 Å². The number of benzene rings is 1. The van der Waals surface area contributed by atoms with Gasteiger partial charge >= 0.3 is 0 Å². The number of carbonyl (C=O) groups is 1. The number of hydrogen-bond acceptors (Lipinski definition) is 9. The molecule has 0 radical (unpaired) electrons. The standard InChI is InChI=1S/C24H21N5O5S/c1-28-23(21-13-33-19-6-2-3-7-20(19)34-21)25-26-24(28)35-14-22(30)29-16(18-9-5-11-32-18)12-15(27-29)17-8-4-10-31-17/h2-11,16,21H,12-14H2,1H3. The van der Waals surface area contributed by atoms with Crippen molar-refractivity contribution in [3.05, 3.63) is 78.4 Å². The quantitative estimate of drug-likeness (QED) is 0.373. The summed E-state index contributed by atoms with van der Waals surface area (Å²) in [5.74, 6) is 3.26. The molecule has 0 saturated heterocycles. The molecule has 35 heavy (non-hydrogen) atoms. The largest absolute Gasteiger partial charge is 0.485 e. The molecule has 2 aliphatic heterocycles. The third-order valence-electron chi connectivity index (χ3n) is 5.83. The van der Waals surface area contributed by atoms with Gasteiger partial charge in [-0.05, 0) is 36.4 Å². The van der Waals surface area contributed by atoms with Gasteiger partial charge in [0, 0.05) is 13.5 Å². The second kappa shape index (κ2) is 8.99. The zero-order valence-electron chi connectivity index (χ0n) is 18.7. The molecule has 0 bridgehead atoms. The maximum Gasteiger partial charge on any atom is 0.253 e. The van der Waals surface area contributed by atoms with Crippen LogP contribution in [-0.2, 0) is 11.8 Å². The monoisotopic (exact) mass is 491 g/mol. The van der Waals surface area contributed by atoms with E-state index in [0.29, 0.717) is 52.7 Å². The van der Waals surface area contributed by atoms with Crippen LogP contribution in [0, 0.1) is 0 Å². The van der Waals surface area contributed by atoms with E-state index in [0.717, 1.165) is 0 Å². The molecule has 10 nitrogen and oxygen atoms in total. The highest BCUT2D eigenvalue weighted by Gasteiger charge is 2.36. The summed E-state index contributed by atoms with van der Waals surface area (Å²) in [4.78, 5) is 13.2. The summed E-state index contributed by atoms with van der Waals surface area (Å²) in [6, 6.07) is 14.5. The topological polar surface area (TPSA) is 108 Å². The molecule has 0 saturated carbocycles. The van der Waals surface area contributed by atoms with Gasteiger partial charge in [-0.3, -0.25) is 4.79 Å². The smallest absolute Gasteiger partial charge is 0.253 e. The minimum atomic E-state index is -0.394. The van der Waals surface area contributed by atoms with E-state index in [1.165, 1.54) is 16.8 Å². The first-order valence-electron chi connectivity index (χ1n) is 11.0. The molecular weight excluding hydrogens is 470 g/mol. The van der Waals surface area contributed by atoms with Crippen LogP contribution in [0.1, 0.15) is 35.9 Å².